The van der Waals surface area contributed by atoms with E-state index >= 15 is 0 Å². The van der Waals surface area contributed by atoms with E-state index < -0.39 is 10.0 Å². The van der Waals surface area contributed by atoms with Gasteiger partial charge in [-0.2, -0.15) is 14.8 Å². The Morgan fingerprint density at radius 1 is 1.17 bits per heavy atom. The van der Waals surface area contributed by atoms with Crippen LogP contribution in [0.4, 0.5) is 5.69 Å². The minimum absolute atomic E-state index is 0.00620. The summed E-state index contributed by atoms with van der Waals surface area (Å²) < 4.78 is 27.4. The van der Waals surface area contributed by atoms with Crippen LogP contribution >= 0.6 is 0 Å². The number of hydrogen-bond acceptors (Lipinski definition) is 5. The molecule has 6 nitrogen and oxygen atoms in total. The summed E-state index contributed by atoms with van der Waals surface area (Å²) in [5.74, 6) is 0. The van der Waals surface area contributed by atoms with E-state index in [1.54, 1.807) is 28.6 Å². The Morgan fingerprint density at radius 3 is 2.21 bits per heavy atom. The third kappa shape index (κ3) is 3.76. The fourth-order valence-electron chi connectivity index (χ4n) is 2.96. The monoisotopic (exact) mass is 344 g/mol. The third-order valence-corrected chi connectivity index (χ3v) is 6.31. The summed E-state index contributed by atoms with van der Waals surface area (Å²) >= 11 is 0. The molecule has 1 saturated heterocycles. The summed E-state index contributed by atoms with van der Waals surface area (Å²) in [5.41, 5.74) is 0.555. The van der Waals surface area contributed by atoms with Crippen LogP contribution in [0.3, 0.4) is 0 Å². The molecule has 0 aliphatic carbocycles. The van der Waals surface area contributed by atoms with Gasteiger partial charge in [-0.15, -0.1) is 0 Å². The Kier molecular flexibility index (Phi) is 5.61. The molecule has 1 fully saturated rings. The molecule has 7 heteroatoms. The van der Waals surface area contributed by atoms with Crippen LogP contribution < -0.4 is 5.32 Å². The van der Waals surface area contributed by atoms with Crippen molar-refractivity contribution in [2.24, 2.45) is 0 Å². The lowest BCUT2D eigenvalue weighted by Crippen LogP contribution is -2.47. The van der Waals surface area contributed by atoms with E-state index in [-0.39, 0.29) is 22.6 Å². The molecule has 126 valence electrons. The van der Waals surface area contributed by atoms with E-state index in [2.05, 4.69) is 5.32 Å². The minimum Gasteiger partial charge on any atom is -0.360 e. The predicted molar refractivity (Wildman–Crippen MR) is 91.2 cm³/mol. The number of nitriles is 2. The number of nitrogens with zero attached hydrogens (tertiary/aromatic N) is 3. The lowest BCUT2D eigenvalue weighted by atomic mass is 10.0. The molecular weight excluding hydrogens is 324 g/mol. The summed E-state index contributed by atoms with van der Waals surface area (Å²) in [5, 5.41) is 20.2. The maximum atomic E-state index is 12.9. The zero-order valence-electron chi connectivity index (χ0n) is 13.7. The Labute approximate surface area is 143 Å². The van der Waals surface area contributed by atoms with Crippen molar-refractivity contribution in [3.63, 3.8) is 0 Å². The summed E-state index contributed by atoms with van der Waals surface area (Å²) in [7, 11) is -3.53. The first kappa shape index (κ1) is 18.0. The average Bonchev–Trinajstić information content (AvgIpc) is 2.56. The van der Waals surface area contributed by atoms with Gasteiger partial charge in [0.1, 0.15) is 17.7 Å². The van der Waals surface area contributed by atoms with Gasteiger partial charge in [0.2, 0.25) is 10.0 Å². The highest BCUT2D eigenvalue weighted by Crippen LogP contribution is 2.29. The van der Waals surface area contributed by atoms with Crippen molar-refractivity contribution in [2.75, 3.05) is 5.32 Å². The molecule has 2 rings (SSSR count). The molecule has 1 heterocycles. The maximum Gasteiger partial charge on any atom is 0.243 e. The standard InChI is InChI=1S/C17H20N4O2S/c1-13-4-3-5-14(2)21(13)24(22,23)17-8-6-16(7-9-17)20-12-15(10-18)11-19/h6-9,12-14,20H,3-5H2,1-2H3. The van der Waals surface area contributed by atoms with Gasteiger partial charge in [0.05, 0.1) is 4.90 Å². The second kappa shape index (κ2) is 7.48. The number of rotatable bonds is 4. The van der Waals surface area contributed by atoms with Gasteiger partial charge in [0, 0.05) is 24.0 Å². The molecule has 0 aromatic heterocycles. The highest BCUT2D eigenvalue weighted by atomic mass is 32.2. The second-order valence-electron chi connectivity index (χ2n) is 5.91. The van der Waals surface area contributed by atoms with Gasteiger partial charge in [-0.3, -0.25) is 0 Å². The number of nitrogens with one attached hydrogen (secondary N) is 1. The van der Waals surface area contributed by atoms with Gasteiger partial charge < -0.3 is 5.32 Å². The number of sulfonamides is 1. The normalized spacial score (nSPS) is 21.3. The van der Waals surface area contributed by atoms with Crippen LogP contribution in [-0.4, -0.2) is 24.8 Å². The van der Waals surface area contributed by atoms with E-state index in [0.29, 0.717) is 5.69 Å². The van der Waals surface area contributed by atoms with Crippen molar-refractivity contribution >= 4 is 15.7 Å². The largest absolute Gasteiger partial charge is 0.360 e. The molecule has 0 amide bonds. The zero-order valence-corrected chi connectivity index (χ0v) is 14.5. The lowest BCUT2D eigenvalue weighted by Gasteiger charge is -2.37. The molecule has 2 atom stereocenters. The van der Waals surface area contributed by atoms with Gasteiger partial charge in [-0.1, -0.05) is 6.42 Å². The van der Waals surface area contributed by atoms with Crippen molar-refractivity contribution < 1.29 is 8.42 Å². The average molecular weight is 344 g/mol. The first-order chi connectivity index (χ1) is 11.4. The number of anilines is 1. The van der Waals surface area contributed by atoms with E-state index in [1.165, 1.54) is 18.3 Å². The van der Waals surface area contributed by atoms with Crippen LogP contribution in [0.15, 0.2) is 40.9 Å². The fraction of sp³-hybridized carbons (Fsp3) is 0.412. The Hall–Kier alpha value is -2.35. The summed E-state index contributed by atoms with van der Waals surface area (Å²) in [4.78, 5) is 0.249. The summed E-state index contributed by atoms with van der Waals surface area (Å²) in [6, 6.07) is 9.80. The van der Waals surface area contributed by atoms with Gasteiger partial charge in [0.15, 0.2) is 0 Å². The smallest absolute Gasteiger partial charge is 0.243 e. The van der Waals surface area contributed by atoms with E-state index in [0.717, 1.165) is 19.3 Å². The van der Waals surface area contributed by atoms with Gasteiger partial charge in [-0.25, -0.2) is 8.42 Å². The number of allylic oxidation sites excluding steroid dienone is 1. The van der Waals surface area contributed by atoms with Gasteiger partial charge >= 0.3 is 0 Å². The molecule has 0 radical (unpaired) electrons. The van der Waals surface area contributed by atoms with Crippen molar-refractivity contribution in [2.45, 2.75) is 50.1 Å². The molecule has 1 N–H and O–H groups in total. The highest BCUT2D eigenvalue weighted by Gasteiger charge is 2.35. The second-order valence-corrected chi connectivity index (χ2v) is 7.76. The molecular formula is C17H20N4O2S. The molecule has 1 aromatic rings. The van der Waals surface area contributed by atoms with Crippen molar-refractivity contribution in [1.29, 1.82) is 10.5 Å². The van der Waals surface area contributed by atoms with Crippen molar-refractivity contribution in [1.82, 2.24) is 4.31 Å². The van der Waals surface area contributed by atoms with Gasteiger partial charge in [-0.05, 0) is 51.0 Å². The molecule has 0 saturated carbocycles. The summed E-state index contributed by atoms with van der Waals surface area (Å²) in [6.07, 6.45) is 4.08. The van der Waals surface area contributed by atoms with Crippen LogP contribution in [0.2, 0.25) is 0 Å². The van der Waals surface area contributed by atoms with Crippen LogP contribution in [-0.2, 0) is 10.0 Å². The summed E-state index contributed by atoms with van der Waals surface area (Å²) in [6.45, 7) is 3.89. The molecule has 1 aliphatic heterocycles. The van der Waals surface area contributed by atoms with Gasteiger partial charge in [0.25, 0.3) is 0 Å². The van der Waals surface area contributed by atoms with E-state index in [1.807, 2.05) is 13.8 Å². The lowest BCUT2D eigenvalue weighted by molar-refractivity contribution is 0.204. The number of hydrogen-bond donors (Lipinski definition) is 1. The van der Waals surface area contributed by atoms with Crippen LogP contribution in [0, 0.1) is 22.7 Å². The number of piperidine rings is 1. The minimum atomic E-state index is -3.53. The van der Waals surface area contributed by atoms with Crippen LogP contribution in [0.25, 0.3) is 0 Å². The Bertz CT molecular complexity index is 774. The zero-order chi connectivity index (χ0) is 17.7. The highest BCUT2D eigenvalue weighted by molar-refractivity contribution is 7.89. The molecule has 2 unspecified atom stereocenters. The number of benzene rings is 1. The first-order valence-corrected chi connectivity index (χ1v) is 9.24. The van der Waals surface area contributed by atoms with Crippen LogP contribution in [0.5, 0.6) is 0 Å². The molecule has 1 aromatic carbocycles. The first-order valence-electron chi connectivity index (χ1n) is 7.80. The predicted octanol–water partition coefficient (Wildman–Crippen LogP) is 2.98. The van der Waals surface area contributed by atoms with E-state index in [4.69, 9.17) is 10.5 Å². The SMILES string of the molecule is CC1CCCC(C)N1S(=O)(=O)c1ccc(NC=C(C#N)C#N)cc1. The van der Waals surface area contributed by atoms with E-state index in [9.17, 15) is 8.42 Å². The Balaban J connectivity index is 2.22. The molecule has 24 heavy (non-hydrogen) atoms. The molecule has 0 bridgehead atoms. The van der Waals surface area contributed by atoms with Crippen molar-refractivity contribution in [3.8, 4) is 12.1 Å². The fourth-order valence-corrected chi connectivity index (χ4v) is 4.84. The van der Waals surface area contributed by atoms with Crippen molar-refractivity contribution in [3.05, 3.63) is 36.0 Å². The molecule has 0 spiro atoms. The quantitative estimate of drug-likeness (QED) is 0.847. The van der Waals surface area contributed by atoms with Crippen LogP contribution in [0.1, 0.15) is 33.1 Å². The maximum absolute atomic E-state index is 12.9. The molecule has 1 aliphatic rings. The third-order valence-electron chi connectivity index (χ3n) is 4.17. The topological polar surface area (TPSA) is 97.0 Å². The Morgan fingerprint density at radius 2 is 1.71 bits per heavy atom.